The maximum absolute atomic E-state index is 11.9. The smallest absolute Gasteiger partial charge is 0.387 e. The number of nitrogen functional groups attached to an aromatic ring is 1. The highest BCUT2D eigenvalue weighted by atomic mass is 35.5. The summed E-state index contributed by atoms with van der Waals surface area (Å²) in [7, 11) is 0. The van der Waals surface area contributed by atoms with Gasteiger partial charge in [0.25, 0.3) is 0 Å². The molecule has 0 heterocycles. The van der Waals surface area contributed by atoms with Crippen LogP contribution in [0.25, 0.3) is 0 Å². The summed E-state index contributed by atoms with van der Waals surface area (Å²) in [5, 5.41) is 0. The van der Waals surface area contributed by atoms with E-state index in [1.54, 1.807) is 6.07 Å². The third-order valence-electron chi connectivity index (χ3n) is 1.51. The lowest BCUT2D eigenvalue weighted by atomic mass is 10.2. The number of nitrogens with two attached hydrogens (primary N) is 1. The summed E-state index contributed by atoms with van der Waals surface area (Å²) in [6.07, 6.45) is 0. The van der Waals surface area contributed by atoms with Crippen LogP contribution >= 0.6 is 11.6 Å². The van der Waals surface area contributed by atoms with Crippen LogP contribution in [0.2, 0.25) is 0 Å². The molecule has 0 aromatic heterocycles. The molecule has 1 aromatic rings. The number of halogens is 3. The van der Waals surface area contributed by atoms with Crippen LogP contribution in [-0.2, 0) is 5.88 Å². The largest absolute Gasteiger partial charge is 0.435 e. The van der Waals surface area contributed by atoms with E-state index in [9.17, 15) is 8.78 Å². The first-order chi connectivity index (χ1) is 6.65. The van der Waals surface area contributed by atoms with Gasteiger partial charge in [-0.25, -0.2) is 0 Å². The van der Waals surface area contributed by atoms with Gasteiger partial charge in [0.05, 0.1) is 5.69 Å². The highest BCUT2D eigenvalue weighted by Gasteiger charge is 2.06. The van der Waals surface area contributed by atoms with Crippen molar-refractivity contribution in [2.75, 3.05) is 5.43 Å². The molecule has 0 fully saturated rings. The summed E-state index contributed by atoms with van der Waals surface area (Å²) in [6.45, 7) is -2.86. The van der Waals surface area contributed by atoms with Gasteiger partial charge < -0.3 is 10.2 Å². The maximum Gasteiger partial charge on any atom is 0.387 e. The topological polar surface area (TPSA) is 47.3 Å². The van der Waals surface area contributed by atoms with Crippen LogP contribution in [0.4, 0.5) is 14.5 Å². The molecule has 0 spiro atoms. The van der Waals surface area contributed by atoms with Gasteiger partial charge in [-0.15, -0.1) is 11.6 Å². The van der Waals surface area contributed by atoms with Crippen molar-refractivity contribution in [2.45, 2.75) is 12.5 Å². The Morgan fingerprint density at radius 3 is 2.64 bits per heavy atom. The van der Waals surface area contributed by atoms with Crippen molar-refractivity contribution in [2.24, 2.45) is 5.84 Å². The van der Waals surface area contributed by atoms with Gasteiger partial charge in [0.15, 0.2) is 0 Å². The fourth-order valence-electron chi connectivity index (χ4n) is 0.992. The van der Waals surface area contributed by atoms with Gasteiger partial charge >= 0.3 is 6.61 Å². The molecular formula is C8H9ClF2N2O. The van der Waals surface area contributed by atoms with Gasteiger partial charge in [0.1, 0.15) is 5.75 Å². The number of hydrazine groups is 1. The van der Waals surface area contributed by atoms with E-state index < -0.39 is 6.61 Å². The lowest BCUT2D eigenvalue weighted by molar-refractivity contribution is -0.0498. The van der Waals surface area contributed by atoms with Crippen LogP contribution in [-0.4, -0.2) is 6.61 Å². The Morgan fingerprint density at radius 1 is 1.43 bits per heavy atom. The van der Waals surface area contributed by atoms with Crippen molar-refractivity contribution in [1.29, 1.82) is 0 Å². The minimum atomic E-state index is -2.86. The third kappa shape index (κ3) is 3.01. The molecule has 0 unspecified atom stereocenters. The molecule has 3 N–H and O–H groups in total. The summed E-state index contributed by atoms with van der Waals surface area (Å²) in [5.74, 6) is 5.37. The molecule has 78 valence electrons. The summed E-state index contributed by atoms with van der Waals surface area (Å²) in [5.41, 5.74) is 3.45. The van der Waals surface area contributed by atoms with E-state index >= 15 is 0 Å². The molecular weight excluding hydrogens is 214 g/mol. The third-order valence-corrected chi connectivity index (χ3v) is 1.82. The van der Waals surface area contributed by atoms with Crippen molar-refractivity contribution >= 4 is 17.3 Å². The summed E-state index contributed by atoms with van der Waals surface area (Å²) >= 11 is 5.55. The monoisotopic (exact) mass is 222 g/mol. The number of rotatable bonds is 4. The normalized spacial score (nSPS) is 10.4. The second kappa shape index (κ2) is 4.97. The quantitative estimate of drug-likeness (QED) is 0.467. The maximum atomic E-state index is 11.9. The second-order valence-corrected chi connectivity index (χ2v) is 2.79. The standard InChI is InChI=1S/C8H9ClF2N2O/c9-4-5-1-6(13-12)3-7(2-5)14-8(10)11/h1-3,8,13H,4,12H2. The van der Waals surface area contributed by atoms with E-state index in [0.29, 0.717) is 11.3 Å². The molecule has 14 heavy (non-hydrogen) atoms. The van der Waals surface area contributed by atoms with Crippen LogP contribution in [0.15, 0.2) is 18.2 Å². The number of hydrogen-bond donors (Lipinski definition) is 2. The number of benzene rings is 1. The minimum absolute atomic E-state index is 0.0334. The van der Waals surface area contributed by atoms with Gasteiger partial charge in [0, 0.05) is 11.9 Å². The minimum Gasteiger partial charge on any atom is -0.435 e. The van der Waals surface area contributed by atoms with Crippen LogP contribution in [0.5, 0.6) is 5.75 Å². The zero-order valence-electron chi connectivity index (χ0n) is 7.14. The van der Waals surface area contributed by atoms with Crippen molar-refractivity contribution in [1.82, 2.24) is 0 Å². The molecule has 0 saturated heterocycles. The molecule has 0 atom stereocenters. The van der Waals surface area contributed by atoms with Gasteiger partial charge in [-0.3, -0.25) is 5.84 Å². The predicted molar refractivity (Wildman–Crippen MR) is 50.4 cm³/mol. The number of alkyl halides is 3. The number of ether oxygens (including phenoxy) is 1. The lowest BCUT2D eigenvalue weighted by Gasteiger charge is -2.08. The van der Waals surface area contributed by atoms with E-state index in [4.69, 9.17) is 17.4 Å². The number of hydrogen-bond acceptors (Lipinski definition) is 3. The Morgan fingerprint density at radius 2 is 2.14 bits per heavy atom. The van der Waals surface area contributed by atoms with Gasteiger partial charge in [-0.2, -0.15) is 8.78 Å². The summed E-state index contributed by atoms with van der Waals surface area (Å²) in [4.78, 5) is 0. The molecule has 0 saturated carbocycles. The van der Waals surface area contributed by atoms with E-state index in [1.807, 2.05) is 0 Å². The molecule has 1 rings (SSSR count). The molecule has 0 amide bonds. The Labute approximate surface area is 84.8 Å². The summed E-state index contributed by atoms with van der Waals surface area (Å²) < 4.78 is 28.0. The Balaban J connectivity index is 2.92. The number of anilines is 1. The first-order valence-electron chi connectivity index (χ1n) is 3.77. The van der Waals surface area contributed by atoms with Crippen LogP contribution < -0.4 is 16.0 Å². The van der Waals surface area contributed by atoms with Crippen LogP contribution in [0.1, 0.15) is 5.56 Å². The van der Waals surface area contributed by atoms with E-state index in [0.717, 1.165) is 0 Å². The van der Waals surface area contributed by atoms with Crippen LogP contribution in [0, 0.1) is 0 Å². The molecule has 6 heteroatoms. The molecule has 0 aliphatic carbocycles. The lowest BCUT2D eigenvalue weighted by Crippen LogP contribution is -2.08. The first-order valence-corrected chi connectivity index (χ1v) is 4.30. The van der Waals surface area contributed by atoms with Crippen molar-refractivity contribution in [3.8, 4) is 5.75 Å². The zero-order chi connectivity index (χ0) is 10.6. The second-order valence-electron chi connectivity index (χ2n) is 2.52. The molecule has 1 aromatic carbocycles. The zero-order valence-corrected chi connectivity index (χ0v) is 7.89. The number of nitrogens with one attached hydrogen (secondary N) is 1. The summed E-state index contributed by atoms with van der Waals surface area (Å²) in [6, 6.07) is 4.44. The van der Waals surface area contributed by atoms with Crippen molar-refractivity contribution in [3.05, 3.63) is 23.8 Å². The Kier molecular flexibility index (Phi) is 3.91. The average Bonchev–Trinajstić information content (AvgIpc) is 2.16. The molecule has 0 aliphatic rings. The fourth-order valence-corrected chi connectivity index (χ4v) is 1.15. The van der Waals surface area contributed by atoms with Gasteiger partial charge in [-0.1, -0.05) is 0 Å². The van der Waals surface area contributed by atoms with E-state index in [-0.39, 0.29) is 11.6 Å². The molecule has 0 aliphatic heterocycles. The Hall–Kier alpha value is -1.07. The Bertz CT molecular complexity index is 287. The van der Waals surface area contributed by atoms with Crippen molar-refractivity contribution < 1.29 is 13.5 Å². The predicted octanol–water partition coefficient (Wildman–Crippen LogP) is 2.31. The van der Waals surface area contributed by atoms with Gasteiger partial charge in [-0.05, 0) is 17.7 Å². The molecule has 0 bridgehead atoms. The molecule has 0 radical (unpaired) electrons. The van der Waals surface area contributed by atoms with E-state index in [1.165, 1.54) is 12.1 Å². The average molecular weight is 223 g/mol. The highest BCUT2D eigenvalue weighted by molar-refractivity contribution is 6.17. The highest BCUT2D eigenvalue weighted by Crippen LogP contribution is 2.22. The van der Waals surface area contributed by atoms with Crippen LogP contribution in [0.3, 0.4) is 0 Å². The fraction of sp³-hybridized carbons (Fsp3) is 0.250. The van der Waals surface area contributed by atoms with E-state index in [2.05, 4.69) is 10.2 Å². The molecule has 3 nitrogen and oxygen atoms in total. The van der Waals surface area contributed by atoms with Crippen molar-refractivity contribution in [3.63, 3.8) is 0 Å². The SMILES string of the molecule is NNc1cc(CCl)cc(OC(F)F)c1. The first kappa shape index (κ1) is 11.0. The van der Waals surface area contributed by atoms with Gasteiger partial charge in [0.2, 0.25) is 0 Å².